The number of aliphatic imine (C=N–C) groups is 1. The lowest BCUT2D eigenvalue weighted by molar-refractivity contribution is 0.00820. The highest BCUT2D eigenvalue weighted by atomic mass is 16.5. The molecule has 8 nitrogen and oxygen atoms in total. The van der Waals surface area contributed by atoms with Crippen LogP contribution in [0.3, 0.4) is 0 Å². The number of hydrogen-bond donors (Lipinski definition) is 3. The van der Waals surface area contributed by atoms with Crippen molar-refractivity contribution < 1.29 is 4.74 Å². The highest BCUT2D eigenvalue weighted by Gasteiger charge is 2.34. The first-order valence-electron chi connectivity index (χ1n) is 11.5. The van der Waals surface area contributed by atoms with Gasteiger partial charge in [0, 0.05) is 50.7 Å². The molecule has 0 bridgehead atoms. The SMILES string of the molecule is CN=C(NCc1cccc(-c2ncn[nH]2)c1)NCC1(CN2CCOCC2)CCCCC1. The molecule has 0 unspecified atom stereocenters. The maximum absolute atomic E-state index is 5.55. The number of nitrogens with zero attached hydrogens (tertiary/aromatic N) is 4. The monoisotopic (exact) mass is 425 g/mol. The van der Waals surface area contributed by atoms with Crippen molar-refractivity contribution in [1.82, 2.24) is 30.7 Å². The number of benzene rings is 1. The van der Waals surface area contributed by atoms with Gasteiger partial charge in [-0.3, -0.25) is 15.0 Å². The first kappa shape index (κ1) is 21.8. The van der Waals surface area contributed by atoms with Gasteiger partial charge in [0.2, 0.25) is 0 Å². The Labute approximate surface area is 184 Å². The van der Waals surface area contributed by atoms with Crippen molar-refractivity contribution in [3.05, 3.63) is 36.2 Å². The van der Waals surface area contributed by atoms with Crippen molar-refractivity contribution in [2.24, 2.45) is 10.4 Å². The minimum Gasteiger partial charge on any atom is -0.379 e. The van der Waals surface area contributed by atoms with Crippen LogP contribution >= 0.6 is 0 Å². The Morgan fingerprint density at radius 2 is 2.03 bits per heavy atom. The van der Waals surface area contributed by atoms with E-state index in [1.165, 1.54) is 44.0 Å². The summed E-state index contributed by atoms with van der Waals surface area (Å²) in [5.74, 6) is 1.64. The van der Waals surface area contributed by atoms with E-state index in [1.54, 1.807) is 0 Å². The average Bonchev–Trinajstić information content (AvgIpc) is 3.36. The van der Waals surface area contributed by atoms with Crippen LogP contribution in [0.15, 0.2) is 35.6 Å². The highest BCUT2D eigenvalue weighted by molar-refractivity contribution is 5.79. The summed E-state index contributed by atoms with van der Waals surface area (Å²) < 4.78 is 5.55. The zero-order valence-electron chi connectivity index (χ0n) is 18.6. The van der Waals surface area contributed by atoms with Crippen molar-refractivity contribution in [1.29, 1.82) is 0 Å². The molecule has 2 aromatic rings. The number of H-pyrrole nitrogens is 1. The minimum atomic E-state index is 0.319. The Morgan fingerprint density at radius 3 is 2.77 bits per heavy atom. The smallest absolute Gasteiger partial charge is 0.191 e. The summed E-state index contributed by atoms with van der Waals surface area (Å²) in [6, 6.07) is 8.32. The fourth-order valence-electron chi connectivity index (χ4n) is 4.78. The largest absolute Gasteiger partial charge is 0.379 e. The number of ether oxygens (including phenoxy) is 1. The van der Waals surface area contributed by atoms with E-state index in [1.807, 2.05) is 19.2 Å². The van der Waals surface area contributed by atoms with Gasteiger partial charge in [0.1, 0.15) is 6.33 Å². The summed E-state index contributed by atoms with van der Waals surface area (Å²) in [6.45, 7) is 6.64. The molecule has 2 heterocycles. The van der Waals surface area contributed by atoms with Gasteiger partial charge in [-0.2, -0.15) is 5.10 Å². The van der Waals surface area contributed by atoms with E-state index in [0.717, 1.165) is 56.7 Å². The molecule has 1 aromatic carbocycles. The van der Waals surface area contributed by atoms with Gasteiger partial charge in [0.05, 0.1) is 13.2 Å². The first-order chi connectivity index (χ1) is 15.3. The second kappa shape index (κ2) is 10.7. The summed E-state index contributed by atoms with van der Waals surface area (Å²) in [4.78, 5) is 11.3. The summed E-state index contributed by atoms with van der Waals surface area (Å²) in [7, 11) is 1.84. The molecule has 31 heavy (non-hydrogen) atoms. The normalized spacial score (nSPS) is 19.8. The quantitative estimate of drug-likeness (QED) is 0.466. The van der Waals surface area contributed by atoms with Crippen molar-refractivity contribution >= 4 is 5.96 Å². The zero-order valence-corrected chi connectivity index (χ0v) is 18.6. The van der Waals surface area contributed by atoms with Crippen LogP contribution in [-0.2, 0) is 11.3 Å². The molecule has 1 aliphatic heterocycles. The van der Waals surface area contributed by atoms with E-state index in [0.29, 0.717) is 12.0 Å². The molecule has 1 saturated heterocycles. The van der Waals surface area contributed by atoms with Gasteiger partial charge in [-0.05, 0) is 24.5 Å². The van der Waals surface area contributed by atoms with Crippen molar-refractivity contribution in [2.75, 3.05) is 46.4 Å². The Morgan fingerprint density at radius 1 is 1.19 bits per heavy atom. The first-order valence-corrected chi connectivity index (χ1v) is 11.5. The van der Waals surface area contributed by atoms with Gasteiger partial charge in [-0.15, -0.1) is 0 Å². The third kappa shape index (κ3) is 6.04. The lowest BCUT2D eigenvalue weighted by Gasteiger charge is -2.42. The molecule has 1 aliphatic carbocycles. The third-order valence-electron chi connectivity index (χ3n) is 6.51. The molecule has 0 radical (unpaired) electrons. The molecular weight excluding hydrogens is 390 g/mol. The van der Waals surface area contributed by atoms with Crippen LogP contribution in [-0.4, -0.2) is 72.5 Å². The Kier molecular flexibility index (Phi) is 7.53. The van der Waals surface area contributed by atoms with E-state index >= 15 is 0 Å². The zero-order chi connectivity index (χ0) is 21.4. The summed E-state index contributed by atoms with van der Waals surface area (Å²) in [5, 5.41) is 14.0. The van der Waals surface area contributed by atoms with Gasteiger partial charge in [-0.1, -0.05) is 37.5 Å². The standard InChI is InChI=1S/C23H35N7O/c1-24-22(25-15-19-6-5-7-20(14-19)21-27-18-28-29-21)26-16-23(8-3-2-4-9-23)17-30-10-12-31-13-11-30/h5-7,14,18H,2-4,8-13,15-17H2,1H3,(H2,24,25,26)(H,27,28,29). The van der Waals surface area contributed by atoms with Crippen LogP contribution in [0.5, 0.6) is 0 Å². The number of aromatic amines is 1. The maximum atomic E-state index is 5.55. The average molecular weight is 426 g/mol. The molecule has 0 atom stereocenters. The van der Waals surface area contributed by atoms with Crippen LogP contribution in [0.25, 0.3) is 11.4 Å². The van der Waals surface area contributed by atoms with Gasteiger partial charge in [-0.25, -0.2) is 4.98 Å². The predicted molar refractivity (Wildman–Crippen MR) is 123 cm³/mol. The van der Waals surface area contributed by atoms with Crippen molar-refractivity contribution in [2.45, 2.75) is 38.6 Å². The molecule has 8 heteroatoms. The number of hydrogen-bond acceptors (Lipinski definition) is 5. The lowest BCUT2D eigenvalue weighted by atomic mass is 9.73. The topological polar surface area (TPSA) is 90.5 Å². The number of morpholine rings is 1. The van der Waals surface area contributed by atoms with Crippen molar-refractivity contribution in [3.63, 3.8) is 0 Å². The van der Waals surface area contributed by atoms with Crippen LogP contribution in [0.4, 0.5) is 0 Å². The van der Waals surface area contributed by atoms with Gasteiger partial charge in [0.15, 0.2) is 11.8 Å². The van der Waals surface area contributed by atoms with E-state index in [4.69, 9.17) is 4.74 Å². The molecular formula is C23H35N7O. The van der Waals surface area contributed by atoms with Gasteiger partial charge in [0.25, 0.3) is 0 Å². The third-order valence-corrected chi connectivity index (χ3v) is 6.51. The molecule has 168 valence electrons. The molecule has 4 rings (SSSR count). The predicted octanol–water partition coefficient (Wildman–Crippen LogP) is 2.42. The van der Waals surface area contributed by atoms with E-state index in [2.05, 4.69) is 47.8 Å². The van der Waals surface area contributed by atoms with Gasteiger partial charge >= 0.3 is 0 Å². The number of rotatable bonds is 7. The number of nitrogens with one attached hydrogen (secondary N) is 3. The number of guanidine groups is 1. The fraction of sp³-hybridized carbons (Fsp3) is 0.609. The minimum absolute atomic E-state index is 0.319. The van der Waals surface area contributed by atoms with Crippen molar-refractivity contribution in [3.8, 4) is 11.4 Å². The fourth-order valence-corrected chi connectivity index (χ4v) is 4.78. The second-order valence-corrected chi connectivity index (χ2v) is 8.76. The number of aromatic nitrogens is 3. The van der Waals surface area contributed by atoms with Crippen LogP contribution in [0.2, 0.25) is 0 Å². The molecule has 0 amide bonds. The maximum Gasteiger partial charge on any atom is 0.191 e. The van der Waals surface area contributed by atoms with Crippen LogP contribution in [0.1, 0.15) is 37.7 Å². The summed E-state index contributed by atoms with van der Waals surface area (Å²) in [6.07, 6.45) is 8.11. The Balaban J connectivity index is 1.33. The van der Waals surface area contributed by atoms with E-state index in [9.17, 15) is 0 Å². The molecule has 0 spiro atoms. The van der Waals surface area contributed by atoms with Gasteiger partial charge < -0.3 is 15.4 Å². The molecule has 2 aliphatic rings. The summed E-state index contributed by atoms with van der Waals surface area (Å²) >= 11 is 0. The second-order valence-electron chi connectivity index (χ2n) is 8.76. The molecule has 3 N–H and O–H groups in total. The van der Waals surface area contributed by atoms with E-state index < -0.39 is 0 Å². The Hall–Kier alpha value is -2.45. The summed E-state index contributed by atoms with van der Waals surface area (Å²) in [5.41, 5.74) is 2.53. The Bertz CT molecular complexity index is 824. The molecule has 1 saturated carbocycles. The lowest BCUT2D eigenvalue weighted by Crippen LogP contribution is -2.51. The van der Waals surface area contributed by atoms with Crippen LogP contribution < -0.4 is 10.6 Å². The molecule has 2 fully saturated rings. The molecule has 1 aromatic heterocycles. The highest BCUT2D eigenvalue weighted by Crippen LogP contribution is 2.36. The van der Waals surface area contributed by atoms with Crippen LogP contribution in [0, 0.1) is 5.41 Å². The van der Waals surface area contributed by atoms with E-state index in [-0.39, 0.29) is 0 Å².